The van der Waals surface area contributed by atoms with Gasteiger partial charge in [0.25, 0.3) is 0 Å². The standard InChI is InChI=1S/C24H28ClN7O/c1-4-7-21-22(25)31(13-11-16(2)3)24(33)32(21)15-17-8-5-6-9-18(17)19-10-12-26-14-20(19)23-27-29-30-28-23/h5-6,8-10,12,14,16H,4,7,11,13,15H2,1-3H3,(H,27,28,29,30). The third-order valence-corrected chi connectivity index (χ3v) is 6.15. The molecule has 0 amide bonds. The topological polar surface area (TPSA) is 94.3 Å². The maximum absolute atomic E-state index is 13.4. The van der Waals surface area contributed by atoms with Gasteiger partial charge in [-0.05, 0) is 46.7 Å². The molecule has 3 heterocycles. The predicted molar refractivity (Wildman–Crippen MR) is 129 cm³/mol. The Morgan fingerprint density at radius 1 is 1.09 bits per heavy atom. The van der Waals surface area contributed by atoms with Gasteiger partial charge in [-0.25, -0.2) is 4.79 Å². The smallest absolute Gasteiger partial charge is 0.290 e. The number of rotatable bonds is 9. The first-order chi connectivity index (χ1) is 16.0. The zero-order valence-electron chi connectivity index (χ0n) is 19.1. The highest BCUT2D eigenvalue weighted by atomic mass is 35.5. The van der Waals surface area contributed by atoms with Crippen molar-refractivity contribution in [3.63, 3.8) is 0 Å². The van der Waals surface area contributed by atoms with Crippen LogP contribution in [-0.2, 0) is 19.5 Å². The van der Waals surface area contributed by atoms with Gasteiger partial charge in [0.15, 0.2) is 0 Å². The minimum absolute atomic E-state index is 0.0629. The van der Waals surface area contributed by atoms with Crippen molar-refractivity contribution in [1.82, 2.24) is 34.7 Å². The lowest BCUT2D eigenvalue weighted by atomic mass is 9.96. The summed E-state index contributed by atoms with van der Waals surface area (Å²) in [6, 6.07) is 9.97. The van der Waals surface area contributed by atoms with E-state index in [9.17, 15) is 4.79 Å². The van der Waals surface area contributed by atoms with Gasteiger partial charge < -0.3 is 0 Å². The van der Waals surface area contributed by atoms with Crippen LogP contribution < -0.4 is 5.69 Å². The number of nitrogens with zero attached hydrogens (tertiary/aromatic N) is 6. The average molecular weight is 466 g/mol. The number of tetrazole rings is 1. The molecule has 4 rings (SSSR count). The number of aromatic amines is 1. The van der Waals surface area contributed by atoms with E-state index in [1.54, 1.807) is 17.0 Å². The van der Waals surface area contributed by atoms with Crippen LogP contribution in [0.3, 0.4) is 0 Å². The van der Waals surface area contributed by atoms with Gasteiger partial charge in [0.2, 0.25) is 5.82 Å². The van der Waals surface area contributed by atoms with Gasteiger partial charge in [0.05, 0.1) is 12.2 Å². The van der Waals surface area contributed by atoms with Crippen LogP contribution in [0.1, 0.15) is 44.9 Å². The first kappa shape index (κ1) is 22.9. The molecule has 0 radical (unpaired) electrons. The Morgan fingerprint density at radius 2 is 1.91 bits per heavy atom. The van der Waals surface area contributed by atoms with E-state index in [1.165, 1.54) is 0 Å². The molecule has 172 valence electrons. The van der Waals surface area contributed by atoms with Crippen LogP contribution in [0.4, 0.5) is 0 Å². The summed E-state index contributed by atoms with van der Waals surface area (Å²) in [6.07, 6.45) is 6.01. The van der Waals surface area contributed by atoms with E-state index in [4.69, 9.17) is 11.6 Å². The van der Waals surface area contributed by atoms with Crippen molar-refractivity contribution in [2.75, 3.05) is 0 Å². The molecule has 0 fully saturated rings. The molecular weight excluding hydrogens is 438 g/mol. The number of hydrogen-bond donors (Lipinski definition) is 1. The number of imidazole rings is 1. The van der Waals surface area contributed by atoms with Crippen molar-refractivity contribution in [3.05, 3.63) is 69.6 Å². The Hall–Kier alpha value is -3.26. The molecule has 0 spiro atoms. The molecule has 4 aromatic rings. The summed E-state index contributed by atoms with van der Waals surface area (Å²) in [5, 5.41) is 15.0. The fourth-order valence-electron chi connectivity index (χ4n) is 4.01. The molecule has 33 heavy (non-hydrogen) atoms. The van der Waals surface area contributed by atoms with E-state index >= 15 is 0 Å². The van der Waals surface area contributed by atoms with Crippen LogP contribution in [0.2, 0.25) is 5.15 Å². The van der Waals surface area contributed by atoms with Gasteiger partial charge in [0, 0.05) is 24.5 Å². The Bertz CT molecular complexity index is 1270. The number of aromatic nitrogens is 7. The summed E-state index contributed by atoms with van der Waals surface area (Å²) in [7, 11) is 0. The number of pyridine rings is 1. The molecule has 0 atom stereocenters. The van der Waals surface area contributed by atoms with E-state index in [0.29, 0.717) is 30.0 Å². The second kappa shape index (κ2) is 10.1. The molecule has 1 N–H and O–H groups in total. The largest absolute Gasteiger partial charge is 0.329 e. The van der Waals surface area contributed by atoms with E-state index < -0.39 is 0 Å². The summed E-state index contributed by atoms with van der Waals surface area (Å²) < 4.78 is 3.53. The summed E-state index contributed by atoms with van der Waals surface area (Å²) >= 11 is 6.72. The number of H-pyrrole nitrogens is 1. The normalized spacial score (nSPS) is 11.4. The van der Waals surface area contributed by atoms with Crippen LogP contribution in [-0.4, -0.2) is 34.7 Å². The van der Waals surface area contributed by atoms with Crippen molar-refractivity contribution >= 4 is 11.6 Å². The lowest BCUT2D eigenvalue weighted by Gasteiger charge is -2.14. The Balaban J connectivity index is 1.79. The van der Waals surface area contributed by atoms with Gasteiger partial charge in [-0.2, -0.15) is 5.21 Å². The molecule has 3 aromatic heterocycles. The van der Waals surface area contributed by atoms with E-state index in [0.717, 1.165) is 47.2 Å². The summed E-state index contributed by atoms with van der Waals surface area (Å²) in [6.45, 7) is 7.43. The molecule has 0 unspecified atom stereocenters. The molecule has 8 nitrogen and oxygen atoms in total. The number of halogens is 1. The average Bonchev–Trinajstić information content (AvgIpc) is 3.42. The number of nitrogens with one attached hydrogen (secondary N) is 1. The van der Waals surface area contributed by atoms with E-state index in [2.05, 4.69) is 46.4 Å². The van der Waals surface area contributed by atoms with Crippen molar-refractivity contribution in [1.29, 1.82) is 0 Å². The van der Waals surface area contributed by atoms with Crippen LogP contribution in [0, 0.1) is 5.92 Å². The zero-order chi connectivity index (χ0) is 23.4. The first-order valence-electron chi connectivity index (χ1n) is 11.2. The van der Waals surface area contributed by atoms with Gasteiger partial charge >= 0.3 is 5.69 Å². The highest BCUT2D eigenvalue weighted by molar-refractivity contribution is 6.30. The second-order valence-electron chi connectivity index (χ2n) is 8.50. The highest BCUT2D eigenvalue weighted by Gasteiger charge is 2.20. The Morgan fingerprint density at radius 3 is 2.64 bits per heavy atom. The lowest BCUT2D eigenvalue weighted by Crippen LogP contribution is -2.26. The molecular formula is C24H28ClN7O. The van der Waals surface area contributed by atoms with Crippen LogP contribution in [0.15, 0.2) is 47.5 Å². The SMILES string of the molecule is CCCc1c(Cl)n(CCC(C)C)c(=O)n1Cc1ccccc1-c1ccncc1-c1nn[nH]n1. The molecule has 0 bridgehead atoms. The quantitative estimate of drug-likeness (QED) is 0.390. The number of hydrogen-bond acceptors (Lipinski definition) is 5. The maximum Gasteiger partial charge on any atom is 0.329 e. The van der Waals surface area contributed by atoms with Crippen molar-refractivity contribution < 1.29 is 0 Å². The van der Waals surface area contributed by atoms with Crippen LogP contribution in [0.25, 0.3) is 22.5 Å². The minimum Gasteiger partial charge on any atom is -0.290 e. The maximum atomic E-state index is 13.4. The Labute approximate surface area is 197 Å². The molecule has 0 saturated carbocycles. The third kappa shape index (κ3) is 4.75. The molecule has 1 aromatic carbocycles. The van der Waals surface area contributed by atoms with E-state index in [-0.39, 0.29) is 5.69 Å². The summed E-state index contributed by atoms with van der Waals surface area (Å²) in [4.78, 5) is 17.6. The van der Waals surface area contributed by atoms with Crippen molar-refractivity contribution in [2.24, 2.45) is 5.92 Å². The molecule has 0 saturated heterocycles. The monoisotopic (exact) mass is 465 g/mol. The highest BCUT2D eigenvalue weighted by Crippen LogP contribution is 2.32. The van der Waals surface area contributed by atoms with Crippen molar-refractivity contribution in [2.45, 2.75) is 53.1 Å². The fraction of sp³-hybridized carbons (Fsp3) is 0.375. The summed E-state index contributed by atoms with van der Waals surface area (Å²) in [5.41, 5.74) is 4.51. The molecule has 9 heteroatoms. The molecule has 0 aliphatic carbocycles. The Kier molecular flexibility index (Phi) is 7.03. The fourth-order valence-corrected chi connectivity index (χ4v) is 4.36. The lowest BCUT2D eigenvalue weighted by molar-refractivity contribution is 0.503. The summed E-state index contributed by atoms with van der Waals surface area (Å²) in [5.74, 6) is 0.960. The van der Waals surface area contributed by atoms with Gasteiger partial charge in [-0.15, -0.1) is 10.2 Å². The first-order valence-corrected chi connectivity index (χ1v) is 11.6. The second-order valence-corrected chi connectivity index (χ2v) is 8.86. The van der Waals surface area contributed by atoms with Gasteiger partial charge in [-0.3, -0.25) is 14.1 Å². The number of benzene rings is 1. The predicted octanol–water partition coefficient (Wildman–Crippen LogP) is 4.59. The zero-order valence-corrected chi connectivity index (χ0v) is 19.9. The van der Waals surface area contributed by atoms with Crippen LogP contribution >= 0.6 is 11.6 Å². The van der Waals surface area contributed by atoms with Crippen LogP contribution in [0.5, 0.6) is 0 Å². The van der Waals surface area contributed by atoms with Crippen molar-refractivity contribution in [3.8, 4) is 22.5 Å². The van der Waals surface area contributed by atoms with Gasteiger partial charge in [-0.1, -0.05) is 63.1 Å². The minimum atomic E-state index is -0.0629. The van der Waals surface area contributed by atoms with E-state index in [1.807, 2.05) is 34.9 Å². The molecule has 0 aliphatic rings. The molecule has 0 aliphatic heterocycles. The van der Waals surface area contributed by atoms with Gasteiger partial charge in [0.1, 0.15) is 5.15 Å². The third-order valence-electron chi connectivity index (χ3n) is 5.72.